The number of aliphatic hydroxyl groups is 4. The van der Waals surface area contributed by atoms with Gasteiger partial charge in [-0.3, -0.25) is 65.0 Å². The van der Waals surface area contributed by atoms with Gasteiger partial charge in [-0.15, -0.1) is 0 Å². The minimum Gasteiger partial charge on any atom is -0.386 e. The number of rotatable bonds is 51. The maximum atomic E-state index is 13.4. The Labute approximate surface area is 679 Å². The molecule has 4 aliphatic rings. The van der Waals surface area contributed by atoms with Crippen LogP contribution in [0.3, 0.4) is 0 Å². The van der Waals surface area contributed by atoms with Crippen LogP contribution in [-0.4, -0.2) is 235 Å². The van der Waals surface area contributed by atoms with Gasteiger partial charge in [0.05, 0.1) is 39.1 Å². The summed E-state index contributed by atoms with van der Waals surface area (Å²) in [6, 6.07) is 8.34. The van der Waals surface area contributed by atoms with Gasteiger partial charge in [0.15, 0.2) is 35.4 Å². The number of imidazole rings is 2. The van der Waals surface area contributed by atoms with Crippen LogP contribution in [0.4, 0.5) is 11.6 Å². The predicted octanol–water partition coefficient (Wildman–Crippen LogP) is 1.82. The molecule has 2 aliphatic heterocycles. The van der Waals surface area contributed by atoms with Crippen molar-refractivity contribution >= 4 is 116 Å². The van der Waals surface area contributed by atoms with E-state index >= 15 is 0 Å². The standard InChI is InChI=1S/C65H100N14O34P6/c1-62(2,32-106-118(100,101)112-116(96,97)104-30-40-50(110-114(90,91)92)48(84)60(108-40)78-36-76-46-54(66)72-34-74-56(46)78)52(86)58(88)70-27-17-44(82)68-25-15-42(80)64(21-22-64)19-8-5-6-11-38-13-10-14-39(29-38)12-7-9-20-65(23-24-65)43(81)16-26-69-45(83)18-28-71-59(89)53(87)63(3,4)33-107-119(102,103)113-117(98,99)105-31-41-51(111-115(93,94)95)49(85)61(109-41)79-37-77-47-55(67)73-35-75-57(47)79/h10,13-14,29,34-37,40-41,48-53,60-61,84-87H,5-9,11-12,15-28,30-33H2,1-4H3,(H,68,82)(H,69,83)(H,70,88)(H,71,89)(H,96,97)(H,98,99)(H,100,101)(H,102,103)(H2,66,72,74)(H2,67,73,75)(H2,90,91,92)(H2,93,94,95). The zero-order valence-electron chi connectivity index (χ0n) is 64.8. The molecule has 54 heteroatoms. The third-order valence-electron chi connectivity index (χ3n) is 20.4. The minimum absolute atomic E-state index is 0.00634. The maximum Gasteiger partial charge on any atom is 0.481 e. The number of aromatic nitrogens is 8. The van der Waals surface area contributed by atoms with Crippen molar-refractivity contribution in [1.82, 2.24) is 60.3 Å². The van der Waals surface area contributed by atoms with Gasteiger partial charge in [0.2, 0.25) is 23.6 Å². The smallest absolute Gasteiger partial charge is 0.386 e. The van der Waals surface area contributed by atoms with Gasteiger partial charge < -0.3 is 102 Å². The van der Waals surface area contributed by atoms with E-state index in [9.17, 15) is 116 Å². The van der Waals surface area contributed by atoms with Crippen LogP contribution >= 0.6 is 46.9 Å². The van der Waals surface area contributed by atoms with Crippen molar-refractivity contribution in [3.05, 3.63) is 60.7 Å². The number of unbranched alkanes of at least 4 members (excludes halogenated alkanes) is 3. The van der Waals surface area contributed by atoms with Gasteiger partial charge in [-0.2, -0.15) is 8.62 Å². The Hall–Kier alpha value is -6.36. The van der Waals surface area contributed by atoms with E-state index < -0.39 is 180 Å². The highest BCUT2D eigenvalue weighted by Crippen LogP contribution is 2.63. The lowest BCUT2D eigenvalue weighted by Crippen LogP contribution is -2.46. The van der Waals surface area contributed by atoms with Crippen LogP contribution in [0, 0.1) is 21.7 Å². The number of nitrogens with zero attached hydrogens (tertiary/aromatic N) is 8. The predicted molar refractivity (Wildman–Crippen MR) is 408 cm³/mol. The number of anilines is 2. The molecule has 20 N–H and O–H groups in total. The fourth-order valence-electron chi connectivity index (χ4n) is 13.4. The number of benzene rings is 1. The molecule has 4 aromatic heterocycles. The molecule has 664 valence electrons. The average molecular weight is 1810 g/mol. The van der Waals surface area contributed by atoms with Crippen LogP contribution in [0.2, 0.25) is 0 Å². The van der Waals surface area contributed by atoms with Crippen LogP contribution in [-0.2, 0) is 114 Å². The van der Waals surface area contributed by atoms with Crippen molar-refractivity contribution in [2.24, 2.45) is 21.7 Å². The van der Waals surface area contributed by atoms with Crippen LogP contribution in [0.25, 0.3) is 22.3 Å². The van der Waals surface area contributed by atoms with E-state index in [1.54, 1.807) is 0 Å². The minimum atomic E-state index is -5.64. The molecule has 2 saturated heterocycles. The summed E-state index contributed by atoms with van der Waals surface area (Å²) in [6.07, 6.45) is -3.90. The Morgan fingerprint density at radius 2 is 0.882 bits per heavy atom. The third-order valence-corrected chi connectivity index (χ3v) is 26.6. The number of nitrogens with two attached hydrogens (primary N) is 2. The second-order valence-electron chi connectivity index (χ2n) is 30.6. The van der Waals surface area contributed by atoms with E-state index in [0.29, 0.717) is 12.8 Å². The van der Waals surface area contributed by atoms with E-state index in [1.807, 2.05) is 6.07 Å². The summed E-state index contributed by atoms with van der Waals surface area (Å²) < 4.78 is 126. The van der Waals surface area contributed by atoms with Crippen molar-refractivity contribution in [2.75, 3.05) is 64.1 Å². The molecule has 14 unspecified atom stereocenters. The lowest BCUT2D eigenvalue weighted by atomic mass is 9.87. The fourth-order valence-corrected chi connectivity index (χ4v) is 19.0. The second kappa shape index (κ2) is 40.1. The van der Waals surface area contributed by atoms with Crippen LogP contribution < -0.4 is 32.7 Å². The molecule has 9 rings (SSSR count). The first-order chi connectivity index (χ1) is 55.5. The number of fused-ring (bicyclic) bond motifs is 2. The molecule has 0 radical (unpaired) electrons. The van der Waals surface area contributed by atoms with Gasteiger partial charge in [0.25, 0.3) is 0 Å². The number of nitrogens with one attached hydrogen (secondary N) is 4. The van der Waals surface area contributed by atoms with E-state index in [4.69, 9.17) is 39.0 Å². The number of hydrogen-bond donors (Lipinski definition) is 18. The van der Waals surface area contributed by atoms with Crippen molar-refractivity contribution in [3.63, 3.8) is 0 Å². The number of carbonyl (C=O) groups excluding carboxylic acids is 6. The number of aliphatic hydroxyl groups excluding tert-OH is 4. The number of ketones is 2. The van der Waals surface area contributed by atoms with Gasteiger partial charge in [-0.1, -0.05) is 71.2 Å². The highest BCUT2D eigenvalue weighted by atomic mass is 31.3. The molecule has 48 nitrogen and oxygen atoms in total. The maximum absolute atomic E-state index is 13.4. The fraction of sp³-hybridized carbons (Fsp3) is 0.662. The molecule has 4 fully saturated rings. The summed E-state index contributed by atoms with van der Waals surface area (Å²) in [6.45, 7) is 0.321. The topological polar surface area (TPSA) is 727 Å². The molecule has 2 aliphatic carbocycles. The summed E-state index contributed by atoms with van der Waals surface area (Å²) in [5.74, 6) is -3.08. The molecular weight excluding hydrogens is 1710 g/mol. The zero-order chi connectivity index (χ0) is 87.5. The number of nitrogen functional groups attached to an aromatic ring is 2. The van der Waals surface area contributed by atoms with E-state index in [1.165, 1.54) is 38.8 Å². The quantitative estimate of drug-likeness (QED) is 0.0195. The number of ether oxygens (including phenoxy) is 2. The van der Waals surface area contributed by atoms with Gasteiger partial charge in [-0.25, -0.2) is 57.3 Å². The van der Waals surface area contributed by atoms with E-state index in [2.05, 4.69) is 87.0 Å². The van der Waals surface area contributed by atoms with E-state index in [-0.39, 0.29) is 97.4 Å². The second-order valence-corrected chi connectivity index (χ2v) is 39.1. The van der Waals surface area contributed by atoms with Gasteiger partial charge >= 0.3 is 46.9 Å². The Bertz CT molecular complexity index is 4730. The van der Waals surface area contributed by atoms with Crippen LogP contribution in [0.1, 0.15) is 148 Å². The molecule has 119 heavy (non-hydrogen) atoms. The first kappa shape index (κ1) is 96.5. The first-order valence-corrected chi connectivity index (χ1v) is 46.5. The summed E-state index contributed by atoms with van der Waals surface area (Å²) in [5.41, 5.74) is 9.85. The number of amides is 4. The molecule has 1 aromatic carbocycles. The summed E-state index contributed by atoms with van der Waals surface area (Å²) in [5, 5.41) is 53.7. The lowest BCUT2D eigenvalue weighted by Gasteiger charge is -2.30. The Morgan fingerprint density at radius 3 is 1.26 bits per heavy atom. The van der Waals surface area contributed by atoms with Crippen LogP contribution in [0.5, 0.6) is 0 Å². The SMILES string of the molecule is CC(C)(COP(=O)(O)OP(=O)(O)OCC1OC(n2cnc3c(N)ncnc32)C(O)C1OP(=O)(O)O)C(O)C(=O)NCCC(=O)NCCC(=O)C1(CCCCCc2cccc(CCCCC3(C(=O)CCNC(=O)CCNC(=O)C(O)C(C)(C)COP(=O)(O)OP(=O)(O)OCC4OC(n5cnc6c(N)ncnc65)C(O)C4OP(=O)(O)O)CC3)c2)CC1. The molecule has 14 atom stereocenters. The lowest BCUT2D eigenvalue weighted by molar-refractivity contribution is -0.137. The number of carbonyl (C=O) groups is 6. The van der Waals surface area contributed by atoms with E-state index in [0.717, 1.165) is 105 Å². The Morgan fingerprint density at radius 1 is 0.521 bits per heavy atom. The molecule has 2 saturated carbocycles. The van der Waals surface area contributed by atoms with Crippen molar-refractivity contribution in [1.29, 1.82) is 0 Å². The van der Waals surface area contributed by atoms with Gasteiger partial charge in [0, 0.05) is 73.5 Å². The first-order valence-electron chi connectivity index (χ1n) is 37.5. The van der Waals surface area contributed by atoms with Crippen molar-refractivity contribution in [2.45, 2.75) is 198 Å². The van der Waals surface area contributed by atoms with Crippen molar-refractivity contribution < 1.29 is 161 Å². The summed E-state index contributed by atoms with van der Waals surface area (Å²) in [7, 11) is -33.2. The number of phosphoric acid groups is 6. The summed E-state index contributed by atoms with van der Waals surface area (Å²) >= 11 is 0. The normalized spacial score (nSPS) is 23.0. The molecule has 0 spiro atoms. The average Bonchev–Trinajstić information content (AvgIpc) is 1.63. The summed E-state index contributed by atoms with van der Waals surface area (Å²) in [4.78, 5) is 181. The number of phosphoric ester groups is 6. The highest BCUT2D eigenvalue weighted by Gasteiger charge is 2.54. The highest BCUT2D eigenvalue weighted by molar-refractivity contribution is 7.61. The van der Waals surface area contributed by atoms with Crippen molar-refractivity contribution in [3.8, 4) is 0 Å². The monoisotopic (exact) mass is 1810 g/mol. The van der Waals surface area contributed by atoms with Gasteiger partial charge in [0.1, 0.15) is 84.1 Å². The molecule has 0 bridgehead atoms. The van der Waals surface area contributed by atoms with Crippen LogP contribution in [0.15, 0.2) is 49.6 Å². The third kappa shape index (κ3) is 27.6. The molecule has 5 aromatic rings. The number of hydrogen-bond acceptors (Lipinski definition) is 34. The Balaban J connectivity index is 0.580. The number of Topliss-reactive ketones (excluding diaryl/α,β-unsaturated/α-hetero) is 2. The zero-order valence-corrected chi connectivity index (χ0v) is 70.2. The van der Waals surface area contributed by atoms with Gasteiger partial charge in [-0.05, 0) is 75.3 Å². The molecule has 4 amide bonds. The Kier molecular flexibility index (Phi) is 32.5. The number of aryl methyl sites for hydroxylation is 2. The molecular formula is C65H100N14O34P6. The molecule has 6 heterocycles. The largest absolute Gasteiger partial charge is 0.481 e.